The van der Waals surface area contributed by atoms with Gasteiger partial charge in [0.25, 0.3) is 0 Å². The molecule has 0 radical (unpaired) electrons. The van der Waals surface area contributed by atoms with Crippen LogP contribution in [0.2, 0.25) is 0 Å². The van der Waals surface area contributed by atoms with E-state index >= 15 is 0 Å². The molecule has 0 heterocycles. The maximum absolute atomic E-state index is 12.4. The zero-order chi connectivity index (χ0) is 16.3. The highest BCUT2D eigenvalue weighted by Crippen LogP contribution is 2.49. The van der Waals surface area contributed by atoms with Gasteiger partial charge in [0, 0.05) is 5.56 Å². The minimum atomic E-state index is -0.560. The molecule has 118 valence electrons. The first-order valence-corrected chi connectivity index (χ1v) is 7.56. The van der Waals surface area contributed by atoms with E-state index in [9.17, 15) is 9.59 Å². The first-order valence-electron chi connectivity index (χ1n) is 7.56. The Hall–Kier alpha value is -2.62. The van der Waals surface area contributed by atoms with E-state index in [2.05, 4.69) is 0 Å². The molecule has 1 fully saturated rings. The lowest BCUT2D eigenvalue weighted by atomic mass is 9.96. The number of carbonyl (C=O) groups is 2. The lowest BCUT2D eigenvalue weighted by molar-refractivity contribution is -0.145. The van der Waals surface area contributed by atoms with Crippen LogP contribution >= 0.6 is 0 Å². The van der Waals surface area contributed by atoms with Gasteiger partial charge in [0.2, 0.25) is 0 Å². The number of benzene rings is 2. The summed E-state index contributed by atoms with van der Waals surface area (Å²) in [5.74, 6) is 0.0474. The molecule has 1 saturated carbocycles. The summed E-state index contributed by atoms with van der Waals surface area (Å²) in [7, 11) is 1.54. The summed E-state index contributed by atoms with van der Waals surface area (Å²) in [6.07, 6.45) is 1.53. The molecule has 4 heteroatoms. The molecule has 23 heavy (non-hydrogen) atoms. The number of carbonyl (C=O) groups excluding carboxylic acids is 2. The average molecular weight is 310 g/mol. The standard InChI is InChI=1S/C19H18O4/c1-22-16-9-5-6-14(12-16)17(20)13-23-18(21)19(10-11-19)15-7-3-2-4-8-15/h2-9,12H,10-11,13H2,1H3. The van der Waals surface area contributed by atoms with E-state index in [4.69, 9.17) is 9.47 Å². The van der Waals surface area contributed by atoms with Crippen molar-refractivity contribution >= 4 is 11.8 Å². The van der Waals surface area contributed by atoms with Crippen molar-refractivity contribution in [1.29, 1.82) is 0 Å². The molecule has 0 atom stereocenters. The normalized spacial score (nSPS) is 14.8. The van der Waals surface area contributed by atoms with Crippen molar-refractivity contribution < 1.29 is 19.1 Å². The third kappa shape index (κ3) is 3.11. The van der Waals surface area contributed by atoms with Crippen LogP contribution in [-0.2, 0) is 14.9 Å². The van der Waals surface area contributed by atoms with Gasteiger partial charge in [0.1, 0.15) is 5.75 Å². The number of methoxy groups -OCH3 is 1. The van der Waals surface area contributed by atoms with Gasteiger partial charge in [-0.2, -0.15) is 0 Å². The summed E-state index contributed by atoms with van der Waals surface area (Å²) >= 11 is 0. The first kappa shape index (κ1) is 15.3. The highest BCUT2D eigenvalue weighted by molar-refractivity contribution is 5.99. The molecule has 1 aliphatic carbocycles. The van der Waals surface area contributed by atoms with Crippen LogP contribution in [0.3, 0.4) is 0 Å². The Labute approximate surface area is 135 Å². The number of rotatable bonds is 6. The van der Waals surface area contributed by atoms with Crippen LogP contribution in [0, 0.1) is 0 Å². The predicted octanol–water partition coefficient (Wildman–Crippen LogP) is 3.15. The molecule has 3 rings (SSSR count). The Kier molecular flexibility index (Phi) is 4.15. The summed E-state index contributed by atoms with van der Waals surface area (Å²) in [5.41, 5.74) is 0.871. The number of Topliss-reactive ketones (excluding diaryl/α,β-unsaturated/α-hetero) is 1. The second-order valence-electron chi connectivity index (χ2n) is 5.68. The molecule has 1 aliphatic rings. The lowest BCUT2D eigenvalue weighted by Gasteiger charge is -2.14. The maximum Gasteiger partial charge on any atom is 0.317 e. The summed E-state index contributed by atoms with van der Waals surface area (Å²) in [6.45, 7) is -0.249. The highest BCUT2D eigenvalue weighted by Gasteiger charge is 2.52. The van der Waals surface area contributed by atoms with Crippen LogP contribution in [0.1, 0.15) is 28.8 Å². The summed E-state index contributed by atoms with van der Waals surface area (Å²) in [5, 5.41) is 0. The van der Waals surface area contributed by atoms with Gasteiger partial charge < -0.3 is 9.47 Å². The van der Waals surface area contributed by atoms with E-state index in [1.807, 2.05) is 30.3 Å². The van der Waals surface area contributed by atoms with Crippen LogP contribution < -0.4 is 4.74 Å². The zero-order valence-corrected chi connectivity index (χ0v) is 13.0. The van der Waals surface area contributed by atoms with Crippen LogP contribution in [-0.4, -0.2) is 25.5 Å². The van der Waals surface area contributed by atoms with E-state index in [1.165, 1.54) is 0 Å². The fraction of sp³-hybridized carbons (Fsp3) is 0.263. The van der Waals surface area contributed by atoms with Crippen LogP contribution in [0.15, 0.2) is 54.6 Å². The van der Waals surface area contributed by atoms with Gasteiger partial charge >= 0.3 is 5.97 Å². The van der Waals surface area contributed by atoms with E-state index in [1.54, 1.807) is 31.4 Å². The average Bonchev–Trinajstić information content (AvgIpc) is 3.42. The minimum absolute atomic E-state index is 0.235. The van der Waals surface area contributed by atoms with Crippen LogP contribution in [0.25, 0.3) is 0 Å². The maximum atomic E-state index is 12.4. The molecule has 0 aromatic heterocycles. The Morgan fingerprint density at radius 3 is 2.43 bits per heavy atom. The molecule has 0 amide bonds. The second-order valence-corrected chi connectivity index (χ2v) is 5.68. The Morgan fingerprint density at radius 1 is 1.04 bits per heavy atom. The van der Waals surface area contributed by atoms with E-state index in [0.717, 1.165) is 18.4 Å². The van der Waals surface area contributed by atoms with Gasteiger partial charge in [0.15, 0.2) is 12.4 Å². The van der Waals surface area contributed by atoms with E-state index < -0.39 is 5.41 Å². The van der Waals surface area contributed by atoms with E-state index in [0.29, 0.717) is 11.3 Å². The molecule has 0 unspecified atom stereocenters. The smallest absolute Gasteiger partial charge is 0.317 e. The number of ether oxygens (including phenoxy) is 2. The molecular formula is C19H18O4. The number of esters is 1. The van der Waals surface area contributed by atoms with Gasteiger partial charge in [0.05, 0.1) is 12.5 Å². The second kappa shape index (κ2) is 6.24. The lowest BCUT2D eigenvalue weighted by Crippen LogP contribution is -2.25. The van der Waals surface area contributed by atoms with Crippen LogP contribution in [0.4, 0.5) is 0 Å². The van der Waals surface area contributed by atoms with Gasteiger partial charge in [-0.1, -0.05) is 42.5 Å². The van der Waals surface area contributed by atoms with Crippen molar-refractivity contribution in [3.05, 3.63) is 65.7 Å². The van der Waals surface area contributed by atoms with Gasteiger partial charge in [-0.15, -0.1) is 0 Å². The monoisotopic (exact) mass is 310 g/mol. The highest BCUT2D eigenvalue weighted by atomic mass is 16.5. The third-order valence-corrected chi connectivity index (χ3v) is 4.19. The fourth-order valence-electron chi connectivity index (χ4n) is 2.64. The minimum Gasteiger partial charge on any atom is -0.497 e. The SMILES string of the molecule is COc1cccc(C(=O)COC(=O)C2(c3ccccc3)CC2)c1. The molecule has 0 saturated heterocycles. The molecule has 0 aliphatic heterocycles. The molecule has 0 spiro atoms. The van der Waals surface area contributed by atoms with Crippen LogP contribution in [0.5, 0.6) is 5.75 Å². The molecule has 2 aromatic carbocycles. The molecule has 0 bridgehead atoms. The van der Waals surface area contributed by atoms with Crippen molar-refractivity contribution in [2.45, 2.75) is 18.3 Å². The molecular weight excluding hydrogens is 292 g/mol. The molecule has 2 aromatic rings. The topological polar surface area (TPSA) is 52.6 Å². The Bertz CT molecular complexity index is 717. The zero-order valence-electron chi connectivity index (χ0n) is 13.0. The predicted molar refractivity (Wildman–Crippen MR) is 85.6 cm³/mol. The summed E-state index contributed by atoms with van der Waals surface area (Å²) in [4.78, 5) is 24.6. The Balaban J connectivity index is 1.64. The number of hydrogen-bond donors (Lipinski definition) is 0. The molecule has 0 N–H and O–H groups in total. The summed E-state index contributed by atoms with van der Waals surface area (Å²) < 4.78 is 10.4. The summed E-state index contributed by atoms with van der Waals surface area (Å²) in [6, 6.07) is 16.4. The van der Waals surface area contributed by atoms with Crippen molar-refractivity contribution in [2.75, 3.05) is 13.7 Å². The quantitative estimate of drug-likeness (QED) is 0.607. The largest absolute Gasteiger partial charge is 0.497 e. The van der Waals surface area contributed by atoms with Gasteiger partial charge in [-0.3, -0.25) is 9.59 Å². The van der Waals surface area contributed by atoms with Crippen molar-refractivity contribution in [3.8, 4) is 5.75 Å². The van der Waals surface area contributed by atoms with E-state index in [-0.39, 0.29) is 18.4 Å². The fourth-order valence-corrected chi connectivity index (χ4v) is 2.64. The van der Waals surface area contributed by atoms with Gasteiger partial charge in [-0.05, 0) is 30.5 Å². The van der Waals surface area contributed by atoms with Gasteiger partial charge in [-0.25, -0.2) is 0 Å². The van der Waals surface area contributed by atoms with Crippen molar-refractivity contribution in [2.24, 2.45) is 0 Å². The van der Waals surface area contributed by atoms with Crippen molar-refractivity contribution in [1.82, 2.24) is 0 Å². The number of hydrogen-bond acceptors (Lipinski definition) is 4. The number of ketones is 1. The molecule has 4 nitrogen and oxygen atoms in total. The Morgan fingerprint density at radius 2 is 1.78 bits per heavy atom. The first-order chi connectivity index (χ1) is 11.2. The third-order valence-electron chi connectivity index (χ3n) is 4.19. The van der Waals surface area contributed by atoms with Crippen molar-refractivity contribution in [3.63, 3.8) is 0 Å².